The van der Waals surface area contributed by atoms with Gasteiger partial charge in [0.05, 0.1) is 15.9 Å². The van der Waals surface area contributed by atoms with Gasteiger partial charge >= 0.3 is 11.4 Å². The fourth-order valence-corrected chi connectivity index (χ4v) is 2.68. The van der Waals surface area contributed by atoms with E-state index in [0.717, 1.165) is 0 Å². The molecule has 0 saturated carbocycles. The Morgan fingerprint density at radius 3 is 2.38 bits per heavy atom. The van der Waals surface area contributed by atoms with Crippen LogP contribution in [0.15, 0.2) is 20.1 Å². The maximum absolute atomic E-state index is 12.5. The van der Waals surface area contributed by atoms with Gasteiger partial charge in [-0.1, -0.05) is 32.4 Å². The van der Waals surface area contributed by atoms with Crippen LogP contribution in [0.25, 0.3) is 10.9 Å². The van der Waals surface area contributed by atoms with Crippen LogP contribution >= 0.6 is 23.4 Å². The molecule has 0 aliphatic heterocycles. The van der Waals surface area contributed by atoms with Gasteiger partial charge in [-0.2, -0.15) is 4.09 Å². The predicted octanol–water partition coefficient (Wildman–Crippen LogP) is 3.15. The number of rotatable bonds is 1. The topological polar surface area (TPSA) is 69.3 Å². The first-order chi connectivity index (χ1) is 9.55. The highest BCUT2D eigenvalue weighted by atomic mass is 35.5. The second kappa shape index (κ2) is 5.00. The summed E-state index contributed by atoms with van der Waals surface area (Å²) in [6.07, 6.45) is 0. The maximum atomic E-state index is 12.5. The van der Waals surface area contributed by atoms with Crippen molar-refractivity contribution in [2.24, 2.45) is 5.41 Å². The van der Waals surface area contributed by atoms with Crippen molar-refractivity contribution in [1.82, 2.24) is 4.09 Å². The number of halogens is 2. The van der Waals surface area contributed by atoms with Crippen molar-refractivity contribution in [3.8, 4) is 0 Å². The number of carbonyl (C=O) groups excluding carboxylic acids is 1. The quantitative estimate of drug-likeness (QED) is 0.753. The third-order valence-electron chi connectivity index (χ3n) is 3.16. The molecule has 7 heteroatoms. The van der Waals surface area contributed by atoms with E-state index in [1.165, 1.54) is 6.07 Å². The van der Waals surface area contributed by atoms with Crippen molar-refractivity contribution >= 4 is 40.1 Å². The number of aryl methyl sites for hydroxylation is 1. The van der Waals surface area contributed by atoms with Crippen LogP contribution in [0, 0.1) is 12.3 Å². The van der Waals surface area contributed by atoms with E-state index in [4.69, 9.17) is 23.4 Å². The lowest BCUT2D eigenvalue weighted by Crippen LogP contribution is -2.24. The Balaban J connectivity index is 3.02. The molecular weight excluding hydrogens is 317 g/mol. The molecule has 5 nitrogen and oxygen atoms in total. The van der Waals surface area contributed by atoms with Crippen LogP contribution in [0.5, 0.6) is 0 Å². The minimum atomic E-state index is -1.01. The standard InChI is InChI=1S/C14H13Cl2NO4/c1-6-9(11(18)14(2,3)4)8(15)5-7-10(6)17(16)13(20)21-12(7)19/h5H,1-4H3. The molecule has 0 atom stereocenters. The van der Waals surface area contributed by atoms with Gasteiger partial charge in [-0.15, -0.1) is 0 Å². The first-order valence-electron chi connectivity index (χ1n) is 6.15. The Kier molecular flexibility index (Phi) is 3.76. The lowest BCUT2D eigenvalue weighted by atomic mass is 9.84. The first-order valence-corrected chi connectivity index (χ1v) is 6.87. The van der Waals surface area contributed by atoms with E-state index in [2.05, 4.69) is 4.42 Å². The van der Waals surface area contributed by atoms with Crippen LogP contribution in [0.2, 0.25) is 5.02 Å². The summed E-state index contributed by atoms with van der Waals surface area (Å²) in [7, 11) is 0. The maximum Gasteiger partial charge on any atom is 0.437 e. The number of hydrogen-bond acceptors (Lipinski definition) is 4. The molecule has 2 rings (SSSR count). The minimum absolute atomic E-state index is 0.0533. The van der Waals surface area contributed by atoms with E-state index in [1.807, 2.05) is 0 Å². The number of nitrogens with zero attached hydrogens (tertiary/aromatic N) is 1. The largest absolute Gasteiger partial charge is 0.437 e. The molecular formula is C14H13Cl2NO4. The average molecular weight is 330 g/mol. The second-order valence-electron chi connectivity index (χ2n) is 5.77. The molecule has 1 heterocycles. The first kappa shape index (κ1) is 15.8. The number of fused-ring (bicyclic) bond motifs is 1. The Bertz CT molecular complexity index is 872. The van der Waals surface area contributed by atoms with Crippen molar-refractivity contribution in [1.29, 1.82) is 0 Å². The minimum Gasteiger partial charge on any atom is -0.371 e. The molecule has 0 fully saturated rings. The molecule has 0 aliphatic rings. The fraction of sp³-hybridized carbons (Fsp3) is 0.357. The number of ketones is 1. The Hall–Kier alpha value is -1.59. The molecule has 21 heavy (non-hydrogen) atoms. The smallest absolute Gasteiger partial charge is 0.371 e. The van der Waals surface area contributed by atoms with Crippen molar-refractivity contribution in [3.63, 3.8) is 0 Å². The summed E-state index contributed by atoms with van der Waals surface area (Å²) in [6, 6.07) is 1.30. The summed E-state index contributed by atoms with van der Waals surface area (Å²) in [5, 5.41) is 0.181. The SMILES string of the molecule is Cc1c(C(=O)C(C)(C)C)c(Cl)cc2c(=O)oc(=O)n(Cl)c12. The van der Waals surface area contributed by atoms with Crippen LogP contribution in [-0.2, 0) is 0 Å². The highest BCUT2D eigenvalue weighted by Crippen LogP contribution is 2.32. The van der Waals surface area contributed by atoms with Gasteiger partial charge in [-0.25, -0.2) is 9.59 Å². The summed E-state index contributed by atoms with van der Waals surface area (Å²) in [6.45, 7) is 6.85. The summed E-state index contributed by atoms with van der Waals surface area (Å²) in [5.41, 5.74) is -0.756. The summed E-state index contributed by atoms with van der Waals surface area (Å²) < 4.78 is 5.16. The van der Waals surface area contributed by atoms with Gasteiger partial charge in [0.15, 0.2) is 5.78 Å². The summed E-state index contributed by atoms with van der Waals surface area (Å²) in [5.74, 6) is -1.21. The van der Waals surface area contributed by atoms with E-state index in [1.54, 1.807) is 27.7 Å². The van der Waals surface area contributed by atoms with Crippen molar-refractivity contribution in [3.05, 3.63) is 43.2 Å². The summed E-state index contributed by atoms with van der Waals surface area (Å²) in [4.78, 5) is 35.8. The Labute approximate surface area is 130 Å². The highest BCUT2D eigenvalue weighted by molar-refractivity contribution is 6.35. The van der Waals surface area contributed by atoms with Crippen LogP contribution in [-0.4, -0.2) is 9.87 Å². The van der Waals surface area contributed by atoms with Gasteiger partial charge in [0.25, 0.3) is 0 Å². The monoisotopic (exact) mass is 329 g/mol. The third-order valence-corrected chi connectivity index (χ3v) is 3.77. The van der Waals surface area contributed by atoms with Crippen LogP contribution in [0.1, 0.15) is 36.7 Å². The van der Waals surface area contributed by atoms with Gasteiger partial charge in [-0.05, 0) is 18.6 Å². The lowest BCUT2D eigenvalue weighted by molar-refractivity contribution is 0.0858. The average Bonchev–Trinajstić information content (AvgIpc) is 2.34. The van der Waals surface area contributed by atoms with Gasteiger partial charge in [0.1, 0.15) is 0 Å². The van der Waals surface area contributed by atoms with Gasteiger partial charge in [0.2, 0.25) is 0 Å². The molecule has 0 bridgehead atoms. The predicted molar refractivity (Wildman–Crippen MR) is 81.5 cm³/mol. The molecule has 0 aliphatic carbocycles. The fourth-order valence-electron chi connectivity index (χ4n) is 2.09. The van der Waals surface area contributed by atoms with E-state index in [-0.39, 0.29) is 27.3 Å². The van der Waals surface area contributed by atoms with E-state index in [0.29, 0.717) is 9.65 Å². The van der Waals surface area contributed by atoms with Crippen molar-refractivity contribution < 1.29 is 9.21 Å². The number of aromatic nitrogens is 1. The van der Waals surface area contributed by atoms with E-state index in [9.17, 15) is 14.4 Å². The number of benzene rings is 1. The number of hydrogen-bond donors (Lipinski definition) is 0. The highest BCUT2D eigenvalue weighted by Gasteiger charge is 2.28. The number of Topliss-reactive ketones (excluding diaryl/α,β-unsaturated/α-hetero) is 1. The molecule has 112 valence electrons. The van der Waals surface area contributed by atoms with Crippen molar-refractivity contribution in [2.75, 3.05) is 0 Å². The van der Waals surface area contributed by atoms with E-state index >= 15 is 0 Å². The molecule has 0 radical (unpaired) electrons. The van der Waals surface area contributed by atoms with Crippen LogP contribution < -0.4 is 11.4 Å². The van der Waals surface area contributed by atoms with Crippen LogP contribution in [0.3, 0.4) is 0 Å². The molecule has 2 aromatic rings. The lowest BCUT2D eigenvalue weighted by Gasteiger charge is -2.20. The zero-order valence-corrected chi connectivity index (χ0v) is 13.4. The zero-order valence-electron chi connectivity index (χ0n) is 11.9. The van der Waals surface area contributed by atoms with E-state index < -0.39 is 16.8 Å². The van der Waals surface area contributed by atoms with Gasteiger partial charge in [-0.3, -0.25) is 4.79 Å². The van der Waals surface area contributed by atoms with Crippen molar-refractivity contribution in [2.45, 2.75) is 27.7 Å². The Morgan fingerprint density at radius 2 is 1.86 bits per heavy atom. The van der Waals surface area contributed by atoms with Crippen LogP contribution in [0.4, 0.5) is 0 Å². The summed E-state index contributed by atoms with van der Waals surface area (Å²) >= 11 is 12.0. The molecule has 0 amide bonds. The molecule has 1 aromatic heterocycles. The van der Waals surface area contributed by atoms with Gasteiger partial charge in [0, 0.05) is 22.8 Å². The number of carbonyl (C=O) groups is 1. The van der Waals surface area contributed by atoms with Gasteiger partial charge < -0.3 is 4.42 Å². The molecule has 0 spiro atoms. The zero-order chi connectivity index (χ0) is 16.1. The molecule has 1 aromatic carbocycles. The second-order valence-corrected chi connectivity index (χ2v) is 6.52. The molecule has 0 N–H and O–H groups in total. The Morgan fingerprint density at radius 1 is 1.29 bits per heavy atom. The molecule has 0 saturated heterocycles. The third kappa shape index (κ3) is 2.51. The normalized spacial score (nSPS) is 11.9. The molecule has 0 unspecified atom stereocenters.